The van der Waals surface area contributed by atoms with Crippen LogP contribution in [0.3, 0.4) is 0 Å². The van der Waals surface area contributed by atoms with Crippen molar-refractivity contribution in [2.75, 3.05) is 6.54 Å². The Morgan fingerprint density at radius 3 is 2.57 bits per heavy atom. The van der Waals surface area contributed by atoms with Crippen LogP contribution in [0.5, 0.6) is 0 Å². The van der Waals surface area contributed by atoms with Gasteiger partial charge in [-0.15, -0.1) is 0 Å². The van der Waals surface area contributed by atoms with Gasteiger partial charge >= 0.3 is 0 Å². The smallest absolute Gasteiger partial charge is 0.0701 e. The zero-order valence-electron chi connectivity index (χ0n) is 13.0. The third kappa shape index (κ3) is 3.74. The van der Waals surface area contributed by atoms with Crippen LogP contribution in [-0.4, -0.2) is 16.3 Å². The highest BCUT2D eigenvalue weighted by Gasteiger charge is 2.25. The minimum absolute atomic E-state index is 0.251. The SMILES string of the molecule is CCCn1ncc(Br)c1C(NCC)C(C)c1ccccc1. The molecular formula is C17H24BrN3. The zero-order valence-corrected chi connectivity index (χ0v) is 14.6. The first-order chi connectivity index (χ1) is 10.2. The van der Waals surface area contributed by atoms with Crippen LogP contribution in [0.15, 0.2) is 41.0 Å². The number of benzene rings is 1. The fourth-order valence-corrected chi connectivity index (χ4v) is 3.29. The lowest BCUT2D eigenvalue weighted by Gasteiger charge is -2.26. The standard InChI is InChI=1S/C17H24BrN3/c1-4-11-21-17(15(18)12-20-21)16(19-5-2)13(3)14-9-7-6-8-10-14/h6-10,12-13,16,19H,4-5,11H2,1-3H3. The highest BCUT2D eigenvalue weighted by molar-refractivity contribution is 9.10. The van der Waals surface area contributed by atoms with Crippen LogP contribution < -0.4 is 5.32 Å². The maximum atomic E-state index is 4.51. The first-order valence-corrected chi connectivity index (χ1v) is 8.47. The number of halogens is 1. The predicted molar refractivity (Wildman–Crippen MR) is 91.5 cm³/mol. The van der Waals surface area contributed by atoms with Gasteiger partial charge in [-0.25, -0.2) is 0 Å². The van der Waals surface area contributed by atoms with Gasteiger partial charge in [0.2, 0.25) is 0 Å². The van der Waals surface area contributed by atoms with Crippen molar-refractivity contribution in [1.29, 1.82) is 0 Å². The summed E-state index contributed by atoms with van der Waals surface area (Å²) in [5, 5.41) is 8.15. The molecule has 21 heavy (non-hydrogen) atoms. The van der Waals surface area contributed by atoms with Gasteiger partial charge in [-0.1, -0.05) is 51.1 Å². The maximum absolute atomic E-state index is 4.51. The van der Waals surface area contributed by atoms with Crippen molar-refractivity contribution in [3.8, 4) is 0 Å². The molecule has 4 heteroatoms. The van der Waals surface area contributed by atoms with E-state index in [0.29, 0.717) is 5.92 Å². The minimum atomic E-state index is 0.251. The van der Waals surface area contributed by atoms with Crippen molar-refractivity contribution in [2.24, 2.45) is 0 Å². The second-order valence-electron chi connectivity index (χ2n) is 5.34. The summed E-state index contributed by atoms with van der Waals surface area (Å²) in [5.41, 5.74) is 2.59. The van der Waals surface area contributed by atoms with Gasteiger partial charge in [-0.05, 0) is 34.5 Å². The summed E-state index contributed by atoms with van der Waals surface area (Å²) in [4.78, 5) is 0. The van der Waals surface area contributed by atoms with Gasteiger partial charge in [-0.2, -0.15) is 5.10 Å². The summed E-state index contributed by atoms with van der Waals surface area (Å²) in [5.74, 6) is 0.384. The van der Waals surface area contributed by atoms with E-state index in [1.807, 2.05) is 6.20 Å². The first-order valence-electron chi connectivity index (χ1n) is 7.68. The summed E-state index contributed by atoms with van der Waals surface area (Å²) < 4.78 is 3.21. The Morgan fingerprint density at radius 2 is 1.95 bits per heavy atom. The molecule has 2 atom stereocenters. The molecule has 1 N–H and O–H groups in total. The predicted octanol–water partition coefficient (Wildman–Crippen LogP) is 4.51. The monoisotopic (exact) mass is 349 g/mol. The van der Waals surface area contributed by atoms with Gasteiger partial charge in [0.25, 0.3) is 0 Å². The number of nitrogens with zero attached hydrogens (tertiary/aromatic N) is 2. The molecule has 2 unspecified atom stereocenters. The normalized spacial score (nSPS) is 14.1. The Balaban J connectivity index is 2.37. The van der Waals surface area contributed by atoms with E-state index >= 15 is 0 Å². The van der Waals surface area contributed by atoms with Gasteiger partial charge in [0.05, 0.1) is 22.4 Å². The fraction of sp³-hybridized carbons (Fsp3) is 0.471. The average Bonchev–Trinajstić information content (AvgIpc) is 2.86. The summed E-state index contributed by atoms with van der Waals surface area (Å²) in [6.07, 6.45) is 2.99. The van der Waals surface area contributed by atoms with Crippen LogP contribution in [0.25, 0.3) is 0 Å². The first kappa shape index (κ1) is 16.2. The van der Waals surface area contributed by atoms with E-state index in [4.69, 9.17) is 0 Å². The summed E-state index contributed by atoms with van der Waals surface area (Å²) in [6, 6.07) is 10.9. The summed E-state index contributed by atoms with van der Waals surface area (Å²) >= 11 is 3.68. The van der Waals surface area contributed by atoms with Gasteiger partial charge in [0.1, 0.15) is 0 Å². The van der Waals surface area contributed by atoms with Gasteiger partial charge in [0, 0.05) is 12.5 Å². The van der Waals surface area contributed by atoms with E-state index in [2.05, 4.69) is 82.1 Å². The average molecular weight is 350 g/mol. The summed E-state index contributed by atoms with van der Waals surface area (Å²) in [7, 11) is 0. The Kier molecular flexibility index (Phi) is 6.00. The lowest BCUT2D eigenvalue weighted by atomic mass is 9.91. The Labute approximate surface area is 135 Å². The summed E-state index contributed by atoms with van der Waals surface area (Å²) in [6.45, 7) is 8.50. The van der Waals surface area contributed by atoms with Crippen molar-refractivity contribution in [3.05, 3.63) is 52.3 Å². The van der Waals surface area contributed by atoms with E-state index in [1.54, 1.807) is 0 Å². The Bertz CT molecular complexity index is 550. The molecule has 3 nitrogen and oxygen atoms in total. The quantitative estimate of drug-likeness (QED) is 0.796. The third-order valence-corrected chi connectivity index (χ3v) is 4.42. The van der Waals surface area contributed by atoms with Crippen LogP contribution in [0.1, 0.15) is 50.4 Å². The molecule has 1 heterocycles. The van der Waals surface area contributed by atoms with E-state index in [9.17, 15) is 0 Å². The second kappa shape index (κ2) is 7.76. The minimum Gasteiger partial charge on any atom is -0.308 e. The van der Waals surface area contributed by atoms with Gasteiger partial charge in [-0.3, -0.25) is 4.68 Å². The highest BCUT2D eigenvalue weighted by Crippen LogP contribution is 2.34. The molecule has 0 fully saturated rings. The molecule has 0 radical (unpaired) electrons. The molecule has 0 amide bonds. The largest absolute Gasteiger partial charge is 0.308 e. The molecule has 0 aliphatic carbocycles. The number of nitrogens with one attached hydrogen (secondary N) is 1. The molecule has 2 rings (SSSR count). The second-order valence-corrected chi connectivity index (χ2v) is 6.19. The molecule has 0 aliphatic heterocycles. The molecule has 1 aromatic heterocycles. The number of likely N-dealkylation sites (N-methyl/N-ethyl adjacent to an activating group) is 1. The lowest BCUT2D eigenvalue weighted by molar-refractivity contribution is 0.431. The number of hydrogen-bond acceptors (Lipinski definition) is 2. The van der Waals surface area contributed by atoms with Crippen molar-refractivity contribution < 1.29 is 0 Å². The van der Waals surface area contributed by atoms with E-state index < -0.39 is 0 Å². The molecule has 114 valence electrons. The molecule has 1 aromatic carbocycles. The topological polar surface area (TPSA) is 29.9 Å². The van der Waals surface area contributed by atoms with Crippen LogP contribution in [0, 0.1) is 0 Å². The molecule has 0 bridgehead atoms. The zero-order chi connectivity index (χ0) is 15.2. The van der Waals surface area contributed by atoms with E-state index in [1.165, 1.54) is 11.3 Å². The third-order valence-electron chi connectivity index (χ3n) is 3.81. The maximum Gasteiger partial charge on any atom is 0.0701 e. The van der Waals surface area contributed by atoms with Crippen molar-refractivity contribution in [2.45, 2.75) is 45.7 Å². The Hall–Kier alpha value is -1.13. The molecule has 0 spiro atoms. The van der Waals surface area contributed by atoms with Crippen molar-refractivity contribution in [1.82, 2.24) is 15.1 Å². The fourth-order valence-electron chi connectivity index (χ4n) is 2.75. The molecular weight excluding hydrogens is 326 g/mol. The molecule has 0 saturated heterocycles. The highest BCUT2D eigenvalue weighted by atomic mass is 79.9. The van der Waals surface area contributed by atoms with Gasteiger partial charge in [0.15, 0.2) is 0 Å². The number of rotatable bonds is 7. The number of hydrogen-bond donors (Lipinski definition) is 1. The van der Waals surface area contributed by atoms with Crippen molar-refractivity contribution in [3.63, 3.8) is 0 Å². The number of aromatic nitrogens is 2. The Morgan fingerprint density at radius 1 is 1.24 bits per heavy atom. The van der Waals surface area contributed by atoms with Crippen LogP contribution in [0.2, 0.25) is 0 Å². The molecule has 0 saturated carbocycles. The molecule has 0 aliphatic rings. The van der Waals surface area contributed by atoms with Crippen LogP contribution in [0.4, 0.5) is 0 Å². The molecule has 2 aromatic rings. The lowest BCUT2D eigenvalue weighted by Crippen LogP contribution is -2.28. The van der Waals surface area contributed by atoms with E-state index in [0.717, 1.165) is 24.0 Å². The number of aryl methyl sites for hydroxylation is 1. The van der Waals surface area contributed by atoms with E-state index in [-0.39, 0.29) is 6.04 Å². The van der Waals surface area contributed by atoms with Crippen LogP contribution >= 0.6 is 15.9 Å². The van der Waals surface area contributed by atoms with Crippen LogP contribution in [-0.2, 0) is 6.54 Å². The van der Waals surface area contributed by atoms with Crippen molar-refractivity contribution >= 4 is 15.9 Å². The van der Waals surface area contributed by atoms with Gasteiger partial charge < -0.3 is 5.32 Å².